The predicted octanol–water partition coefficient (Wildman–Crippen LogP) is 0.524. The predicted molar refractivity (Wildman–Crippen MR) is 75.0 cm³/mol. The normalized spacial score (nSPS) is 19.9. The van der Waals surface area contributed by atoms with Crippen LogP contribution in [0.3, 0.4) is 0 Å². The molecule has 0 spiro atoms. The van der Waals surface area contributed by atoms with Gasteiger partial charge in [-0.3, -0.25) is 14.4 Å². The van der Waals surface area contributed by atoms with Gasteiger partial charge in [-0.15, -0.1) is 0 Å². The molecule has 1 unspecified atom stereocenters. The fourth-order valence-corrected chi connectivity index (χ4v) is 2.36. The number of rotatable bonds is 5. The molecule has 19 heavy (non-hydrogen) atoms. The molecule has 0 saturated carbocycles. The van der Waals surface area contributed by atoms with Gasteiger partial charge in [-0.05, 0) is 20.3 Å². The summed E-state index contributed by atoms with van der Waals surface area (Å²) in [6.45, 7) is 6.93. The standard InChI is InChI=1S/C13H23N5O/c1-10(2)17-5-4-11(7-17)16-12-6-15-18(8-12)9-13(19)14-3/h6,8,10-11,16H,4-5,7,9H2,1-3H3,(H,14,19). The fraction of sp³-hybridized carbons (Fsp3) is 0.692. The first kappa shape index (κ1) is 13.9. The lowest BCUT2D eigenvalue weighted by atomic mass is 10.2. The maximum atomic E-state index is 11.3. The smallest absolute Gasteiger partial charge is 0.241 e. The summed E-state index contributed by atoms with van der Waals surface area (Å²) in [5.41, 5.74) is 0.986. The molecular formula is C13H23N5O. The fourth-order valence-electron chi connectivity index (χ4n) is 2.36. The lowest BCUT2D eigenvalue weighted by molar-refractivity contribution is -0.121. The summed E-state index contributed by atoms with van der Waals surface area (Å²) in [5, 5.41) is 10.2. The summed E-state index contributed by atoms with van der Waals surface area (Å²) in [6.07, 6.45) is 4.81. The third kappa shape index (κ3) is 3.70. The Morgan fingerprint density at radius 2 is 2.37 bits per heavy atom. The number of nitrogens with zero attached hydrogens (tertiary/aromatic N) is 3. The first-order chi connectivity index (χ1) is 9.08. The Morgan fingerprint density at radius 1 is 1.58 bits per heavy atom. The molecule has 1 aliphatic rings. The monoisotopic (exact) mass is 265 g/mol. The van der Waals surface area contributed by atoms with Crippen molar-refractivity contribution in [2.75, 3.05) is 25.5 Å². The van der Waals surface area contributed by atoms with Crippen LogP contribution in [0.5, 0.6) is 0 Å². The third-order valence-electron chi connectivity index (χ3n) is 3.54. The number of hydrogen-bond acceptors (Lipinski definition) is 4. The van der Waals surface area contributed by atoms with Crippen LogP contribution in [0.25, 0.3) is 0 Å². The minimum atomic E-state index is -0.0403. The van der Waals surface area contributed by atoms with Crippen molar-refractivity contribution in [2.24, 2.45) is 0 Å². The summed E-state index contributed by atoms with van der Waals surface area (Å²) >= 11 is 0. The zero-order chi connectivity index (χ0) is 13.8. The second-order valence-corrected chi connectivity index (χ2v) is 5.32. The summed E-state index contributed by atoms with van der Waals surface area (Å²) in [6, 6.07) is 1.07. The van der Waals surface area contributed by atoms with Crippen molar-refractivity contribution >= 4 is 11.6 Å². The number of likely N-dealkylation sites (tertiary alicyclic amines) is 1. The van der Waals surface area contributed by atoms with Gasteiger partial charge in [0.25, 0.3) is 0 Å². The van der Waals surface area contributed by atoms with E-state index in [1.807, 2.05) is 6.20 Å². The second-order valence-electron chi connectivity index (χ2n) is 5.32. The molecule has 0 aliphatic carbocycles. The van der Waals surface area contributed by atoms with E-state index in [1.54, 1.807) is 17.9 Å². The molecule has 1 atom stereocenters. The Kier molecular flexibility index (Phi) is 4.42. The Bertz CT molecular complexity index is 428. The van der Waals surface area contributed by atoms with Gasteiger partial charge < -0.3 is 10.6 Å². The van der Waals surface area contributed by atoms with Crippen molar-refractivity contribution in [1.29, 1.82) is 0 Å². The maximum absolute atomic E-state index is 11.3. The molecule has 106 valence electrons. The molecule has 1 amide bonds. The van der Waals surface area contributed by atoms with Crippen molar-refractivity contribution < 1.29 is 4.79 Å². The Morgan fingerprint density at radius 3 is 3.00 bits per heavy atom. The quantitative estimate of drug-likeness (QED) is 0.815. The van der Waals surface area contributed by atoms with E-state index < -0.39 is 0 Å². The van der Waals surface area contributed by atoms with E-state index in [-0.39, 0.29) is 12.5 Å². The van der Waals surface area contributed by atoms with Crippen molar-refractivity contribution in [3.63, 3.8) is 0 Å². The first-order valence-corrected chi connectivity index (χ1v) is 6.82. The molecule has 2 heterocycles. The van der Waals surface area contributed by atoms with Gasteiger partial charge in [-0.25, -0.2) is 0 Å². The minimum Gasteiger partial charge on any atom is -0.378 e. The molecule has 0 bridgehead atoms. The van der Waals surface area contributed by atoms with Gasteiger partial charge in [0.15, 0.2) is 0 Å². The molecule has 1 aromatic rings. The SMILES string of the molecule is CNC(=O)Cn1cc(NC2CCN(C(C)C)C2)cn1. The Hall–Kier alpha value is -1.56. The number of anilines is 1. The molecule has 6 heteroatoms. The van der Waals surface area contributed by atoms with E-state index in [1.165, 1.54) is 0 Å². The summed E-state index contributed by atoms with van der Waals surface area (Å²) in [4.78, 5) is 13.7. The van der Waals surface area contributed by atoms with Crippen LogP contribution >= 0.6 is 0 Å². The highest BCUT2D eigenvalue weighted by Gasteiger charge is 2.24. The summed E-state index contributed by atoms with van der Waals surface area (Å²) in [7, 11) is 1.63. The number of carbonyl (C=O) groups excluding carboxylic acids is 1. The summed E-state index contributed by atoms with van der Waals surface area (Å²) < 4.78 is 1.65. The number of carbonyl (C=O) groups is 1. The van der Waals surface area contributed by atoms with E-state index in [4.69, 9.17) is 0 Å². The molecule has 1 aliphatic heterocycles. The van der Waals surface area contributed by atoms with Crippen LogP contribution < -0.4 is 10.6 Å². The number of likely N-dealkylation sites (N-methyl/N-ethyl adjacent to an activating group) is 1. The Labute approximate surface area is 114 Å². The highest BCUT2D eigenvalue weighted by Crippen LogP contribution is 2.17. The number of nitrogens with one attached hydrogen (secondary N) is 2. The molecule has 0 radical (unpaired) electrons. The van der Waals surface area contributed by atoms with E-state index in [0.717, 1.165) is 25.2 Å². The minimum absolute atomic E-state index is 0.0403. The third-order valence-corrected chi connectivity index (χ3v) is 3.54. The average molecular weight is 265 g/mol. The highest BCUT2D eigenvalue weighted by atomic mass is 16.1. The van der Waals surface area contributed by atoms with Gasteiger partial charge in [-0.1, -0.05) is 0 Å². The lowest BCUT2D eigenvalue weighted by Crippen LogP contribution is -2.31. The van der Waals surface area contributed by atoms with Crippen molar-refractivity contribution in [3.8, 4) is 0 Å². The zero-order valence-electron chi connectivity index (χ0n) is 11.9. The van der Waals surface area contributed by atoms with Crippen molar-refractivity contribution in [3.05, 3.63) is 12.4 Å². The molecule has 1 aromatic heterocycles. The number of aromatic nitrogens is 2. The molecule has 2 rings (SSSR count). The van der Waals surface area contributed by atoms with E-state index in [0.29, 0.717) is 12.1 Å². The van der Waals surface area contributed by atoms with Crippen LogP contribution in [0.15, 0.2) is 12.4 Å². The number of amides is 1. The van der Waals surface area contributed by atoms with Crippen LogP contribution in [0.1, 0.15) is 20.3 Å². The molecule has 6 nitrogen and oxygen atoms in total. The van der Waals surface area contributed by atoms with Crippen molar-refractivity contribution in [1.82, 2.24) is 20.0 Å². The zero-order valence-corrected chi connectivity index (χ0v) is 11.9. The van der Waals surface area contributed by atoms with Crippen LogP contribution in [-0.4, -0.2) is 52.8 Å². The summed E-state index contributed by atoms with van der Waals surface area (Å²) in [5.74, 6) is -0.0403. The van der Waals surface area contributed by atoms with E-state index in [9.17, 15) is 4.79 Å². The van der Waals surface area contributed by atoms with Gasteiger partial charge in [0.2, 0.25) is 5.91 Å². The highest BCUT2D eigenvalue weighted by molar-refractivity contribution is 5.75. The topological polar surface area (TPSA) is 62.2 Å². The number of hydrogen-bond donors (Lipinski definition) is 2. The molecule has 2 N–H and O–H groups in total. The molecular weight excluding hydrogens is 242 g/mol. The molecule has 1 saturated heterocycles. The molecule has 0 aromatic carbocycles. The van der Waals surface area contributed by atoms with Crippen LogP contribution in [0.4, 0.5) is 5.69 Å². The van der Waals surface area contributed by atoms with Gasteiger partial charge in [-0.2, -0.15) is 5.10 Å². The van der Waals surface area contributed by atoms with E-state index in [2.05, 4.69) is 34.5 Å². The first-order valence-electron chi connectivity index (χ1n) is 6.82. The average Bonchev–Trinajstić information content (AvgIpc) is 2.99. The molecule has 1 fully saturated rings. The van der Waals surface area contributed by atoms with Crippen molar-refractivity contribution in [2.45, 2.75) is 38.9 Å². The van der Waals surface area contributed by atoms with Gasteiger partial charge in [0.1, 0.15) is 6.54 Å². The lowest BCUT2D eigenvalue weighted by Gasteiger charge is -2.20. The van der Waals surface area contributed by atoms with E-state index >= 15 is 0 Å². The van der Waals surface area contributed by atoms with Crippen LogP contribution in [0, 0.1) is 0 Å². The second kappa shape index (κ2) is 6.06. The van der Waals surface area contributed by atoms with Crippen LogP contribution in [-0.2, 0) is 11.3 Å². The Balaban J connectivity index is 1.85. The van der Waals surface area contributed by atoms with Gasteiger partial charge in [0, 0.05) is 38.4 Å². The van der Waals surface area contributed by atoms with Gasteiger partial charge in [0.05, 0.1) is 11.9 Å². The maximum Gasteiger partial charge on any atom is 0.241 e. The van der Waals surface area contributed by atoms with Gasteiger partial charge >= 0.3 is 0 Å². The largest absolute Gasteiger partial charge is 0.378 e. The van der Waals surface area contributed by atoms with Crippen LogP contribution in [0.2, 0.25) is 0 Å².